The average molecular weight is 321 g/mol. The van der Waals surface area contributed by atoms with Gasteiger partial charge in [0.2, 0.25) is 0 Å². The van der Waals surface area contributed by atoms with Crippen LogP contribution in [0.2, 0.25) is 10.0 Å². The Morgan fingerprint density at radius 1 is 1.05 bits per heavy atom. The maximum atomic E-state index is 6.18. The van der Waals surface area contributed by atoms with Gasteiger partial charge in [0, 0.05) is 26.6 Å². The Hall–Kier alpha value is -1.29. The molecule has 0 amide bonds. The lowest BCUT2D eigenvalue weighted by Gasteiger charge is -2.06. The predicted molar refractivity (Wildman–Crippen MR) is 85.6 cm³/mol. The van der Waals surface area contributed by atoms with E-state index in [1.54, 1.807) is 24.0 Å². The Morgan fingerprint density at radius 3 is 2.75 bits per heavy atom. The van der Waals surface area contributed by atoms with Crippen LogP contribution in [0.1, 0.15) is 5.56 Å². The molecule has 2 aromatic carbocycles. The second-order valence-corrected chi connectivity index (χ2v) is 6.07. The van der Waals surface area contributed by atoms with Crippen molar-refractivity contribution in [3.63, 3.8) is 0 Å². The zero-order chi connectivity index (χ0) is 13.9. The molecule has 0 radical (unpaired) electrons. The lowest BCUT2D eigenvalue weighted by molar-refractivity contribution is 0.955. The second-order valence-electron chi connectivity index (χ2n) is 4.26. The Kier molecular flexibility index (Phi) is 4.10. The van der Waals surface area contributed by atoms with E-state index in [4.69, 9.17) is 23.2 Å². The molecule has 20 heavy (non-hydrogen) atoms. The van der Waals surface area contributed by atoms with Gasteiger partial charge in [0.1, 0.15) is 5.03 Å². The zero-order valence-corrected chi connectivity index (χ0v) is 12.7. The van der Waals surface area contributed by atoms with E-state index in [1.807, 2.05) is 30.3 Å². The fraction of sp³-hybridized carbons (Fsp3) is 0.0667. The molecule has 0 aliphatic carbocycles. The number of hydrogen-bond acceptors (Lipinski definition) is 3. The van der Waals surface area contributed by atoms with Gasteiger partial charge in [-0.3, -0.25) is 0 Å². The highest BCUT2D eigenvalue weighted by atomic mass is 35.5. The summed E-state index contributed by atoms with van der Waals surface area (Å²) in [5.74, 6) is 0.735. The molecule has 0 saturated carbocycles. The molecule has 5 heteroatoms. The largest absolute Gasteiger partial charge is 0.157 e. The van der Waals surface area contributed by atoms with Gasteiger partial charge in [-0.25, -0.2) is 0 Å². The van der Waals surface area contributed by atoms with Crippen LogP contribution in [0.4, 0.5) is 0 Å². The molecule has 0 fully saturated rings. The molecule has 0 spiro atoms. The third-order valence-electron chi connectivity index (χ3n) is 2.92. The highest BCUT2D eigenvalue weighted by molar-refractivity contribution is 7.98. The van der Waals surface area contributed by atoms with Gasteiger partial charge in [0.15, 0.2) is 0 Å². The summed E-state index contributed by atoms with van der Waals surface area (Å²) in [6, 6.07) is 13.6. The number of thioether (sulfide) groups is 1. The number of fused-ring (bicyclic) bond motifs is 1. The van der Waals surface area contributed by atoms with Crippen molar-refractivity contribution >= 4 is 45.7 Å². The highest BCUT2D eigenvalue weighted by Crippen LogP contribution is 2.30. The summed E-state index contributed by atoms with van der Waals surface area (Å²) in [6.07, 6.45) is 1.77. The van der Waals surface area contributed by atoms with Gasteiger partial charge in [-0.1, -0.05) is 65.3 Å². The van der Waals surface area contributed by atoms with E-state index in [1.165, 1.54) is 0 Å². The Bertz CT molecular complexity index is 756. The number of nitrogens with zero attached hydrogens (tertiary/aromatic N) is 2. The Morgan fingerprint density at radius 2 is 1.90 bits per heavy atom. The summed E-state index contributed by atoms with van der Waals surface area (Å²) in [4.78, 5) is 0. The van der Waals surface area contributed by atoms with Crippen LogP contribution in [0.3, 0.4) is 0 Å². The molecule has 0 atom stereocenters. The maximum Gasteiger partial charge on any atom is 0.127 e. The van der Waals surface area contributed by atoms with Crippen LogP contribution >= 0.6 is 35.0 Å². The number of halogens is 2. The van der Waals surface area contributed by atoms with Crippen LogP contribution in [-0.4, -0.2) is 10.2 Å². The predicted octanol–water partition coefficient (Wildman–Crippen LogP) is 5.23. The van der Waals surface area contributed by atoms with Gasteiger partial charge in [-0.2, -0.15) is 5.10 Å². The minimum absolute atomic E-state index is 0.647. The maximum absolute atomic E-state index is 6.18. The first kappa shape index (κ1) is 13.7. The molecule has 0 aliphatic rings. The van der Waals surface area contributed by atoms with Crippen LogP contribution in [-0.2, 0) is 5.75 Å². The van der Waals surface area contributed by atoms with Crippen molar-refractivity contribution in [2.45, 2.75) is 10.8 Å². The normalized spacial score (nSPS) is 10.9. The van der Waals surface area contributed by atoms with Crippen LogP contribution in [0.25, 0.3) is 10.8 Å². The van der Waals surface area contributed by atoms with Crippen molar-refractivity contribution in [1.29, 1.82) is 0 Å². The van der Waals surface area contributed by atoms with Gasteiger partial charge in [0.05, 0.1) is 6.20 Å². The van der Waals surface area contributed by atoms with Crippen LogP contribution in [0, 0.1) is 0 Å². The van der Waals surface area contributed by atoms with Gasteiger partial charge >= 0.3 is 0 Å². The van der Waals surface area contributed by atoms with Gasteiger partial charge < -0.3 is 0 Å². The first-order valence-corrected chi connectivity index (χ1v) is 7.75. The standard InChI is InChI=1S/C15H10Cl2N2S/c16-12-6-5-11(14(17)7-12)9-20-15-13-4-2-1-3-10(13)8-18-19-15/h1-8H,9H2. The summed E-state index contributed by atoms with van der Waals surface area (Å²) < 4.78 is 0. The van der Waals surface area contributed by atoms with Crippen molar-refractivity contribution in [1.82, 2.24) is 10.2 Å². The second kappa shape index (κ2) is 6.00. The number of aromatic nitrogens is 2. The molecule has 0 unspecified atom stereocenters. The van der Waals surface area contributed by atoms with E-state index in [0.29, 0.717) is 10.0 Å². The number of benzene rings is 2. The smallest absolute Gasteiger partial charge is 0.127 e. The van der Waals surface area contributed by atoms with Crippen molar-refractivity contribution in [2.75, 3.05) is 0 Å². The van der Waals surface area contributed by atoms with Crippen LogP contribution in [0.15, 0.2) is 53.7 Å². The molecule has 3 rings (SSSR count). The summed E-state index contributed by atoms with van der Waals surface area (Å²) in [5, 5.41) is 12.7. The Labute approximate surface area is 131 Å². The summed E-state index contributed by atoms with van der Waals surface area (Å²) in [5.41, 5.74) is 1.04. The van der Waals surface area contributed by atoms with E-state index in [9.17, 15) is 0 Å². The van der Waals surface area contributed by atoms with Crippen molar-refractivity contribution in [2.24, 2.45) is 0 Å². The Balaban J connectivity index is 1.87. The molecule has 1 aromatic heterocycles. The summed E-state index contributed by atoms with van der Waals surface area (Å²) >= 11 is 13.7. The van der Waals surface area contributed by atoms with E-state index in [-0.39, 0.29) is 0 Å². The van der Waals surface area contributed by atoms with Gasteiger partial charge in [-0.15, -0.1) is 5.10 Å². The number of hydrogen-bond donors (Lipinski definition) is 0. The van der Waals surface area contributed by atoms with E-state index >= 15 is 0 Å². The number of rotatable bonds is 3. The van der Waals surface area contributed by atoms with Gasteiger partial charge in [-0.05, 0) is 17.7 Å². The molecule has 0 N–H and O–H groups in total. The molecule has 0 bridgehead atoms. The van der Waals surface area contributed by atoms with E-state index in [2.05, 4.69) is 16.3 Å². The third kappa shape index (κ3) is 2.90. The molecule has 2 nitrogen and oxygen atoms in total. The molecular weight excluding hydrogens is 311 g/mol. The van der Waals surface area contributed by atoms with Crippen molar-refractivity contribution < 1.29 is 0 Å². The minimum Gasteiger partial charge on any atom is -0.157 e. The monoisotopic (exact) mass is 320 g/mol. The van der Waals surface area contributed by atoms with E-state index < -0.39 is 0 Å². The van der Waals surface area contributed by atoms with Crippen molar-refractivity contribution in [3.05, 3.63) is 64.3 Å². The first-order valence-electron chi connectivity index (χ1n) is 6.01. The lowest BCUT2D eigenvalue weighted by atomic mass is 10.2. The molecule has 1 heterocycles. The van der Waals surface area contributed by atoms with Gasteiger partial charge in [0.25, 0.3) is 0 Å². The lowest BCUT2D eigenvalue weighted by Crippen LogP contribution is -1.89. The molecule has 100 valence electrons. The van der Waals surface area contributed by atoms with E-state index in [0.717, 1.165) is 27.1 Å². The minimum atomic E-state index is 0.647. The SMILES string of the molecule is Clc1ccc(CSc2nncc3ccccc23)c(Cl)c1. The fourth-order valence-corrected chi connectivity index (χ4v) is 3.44. The topological polar surface area (TPSA) is 25.8 Å². The first-order chi connectivity index (χ1) is 9.74. The van der Waals surface area contributed by atoms with Crippen molar-refractivity contribution in [3.8, 4) is 0 Å². The van der Waals surface area contributed by atoms with Crippen LogP contribution in [0.5, 0.6) is 0 Å². The molecule has 0 aliphatic heterocycles. The highest BCUT2D eigenvalue weighted by Gasteiger charge is 2.06. The average Bonchev–Trinajstić information content (AvgIpc) is 2.46. The molecule has 0 saturated heterocycles. The molecular formula is C15H10Cl2N2S. The zero-order valence-electron chi connectivity index (χ0n) is 10.4. The fourth-order valence-electron chi connectivity index (χ4n) is 1.89. The third-order valence-corrected chi connectivity index (χ3v) is 4.53. The summed E-state index contributed by atoms with van der Waals surface area (Å²) in [6.45, 7) is 0. The molecule has 3 aromatic rings. The van der Waals surface area contributed by atoms with Crippen LogP contribution < -0.4 is 0 Å². The summed E-state index contributed by atoms with van der Waals surface area (Å²) in [7, 11) is 0. The quantitative estimate of drug-likeness (QED) is 0.618.